The minimum atomic E-state index is 0.746. The van der Waals surface area contributed by atoms with Crippen molar-refractivity contribution in [1.29, 1.82) is 0 Å². The quantitative estimate of drug-likeness (QED) is 0.0927. The molecule has 10 heteroatoms. The zero-order valence-corrected chi connectivity index (χ0v) is 67.1. The minimum absolute atomic E-state index is 0.746. The molecule has 0 aliphatic heterocycles. The zero-order valence-electron chi connectivity index (χ0n) is 67.1. The third-order valence-electron chi connectivity index (χ3n) is 19.5. The van der Waals surface area contributed by atoms with Crippen molar-refractivity contribution < 1.29 is 0 Å². The molecule has 122 heavy (non-hydrogen) atoms. The van der Waals surface area contributed by atoms with E-state index in [1.807, 2.05) is 249 Å². The average molecular weight is 1570 g/mol. The van der Waals surface area contributed by atoms with Gasteiger partial charge in [0.05, 0.1) is 39.9 Å². The summed E-state index contributed by atoms with van der Waals surface area (Å²) in [6.07, 6.45) is 6.93. The van der Waals surface area contributed by atoms with E-state index in [1.165, 1.54) is 45.3 Å². The molecule has 0 bridgehead atoms. The largest absolute Gasteiger partial charge is 0.311 e. The van der Waals surface area contributed by atoms with Crippen LogP contribution in [0.25, 0.3) is 113 Å². The van der Waals surface area contributed by atoms with Gasteiger partial charge in [0.1, 0.15) is 6.33 Å². The number of hydrogen-bond acceptors (Lipinski definition) is 10. The highest BCUT2D eigenvalue weighted by atomic mass is 15.1. The lowest BCUT2D eigenvalue weighted by Gasteiger charge is -2.25. The van der Waals surface area contributed by atoms with E-state index in [4.69, 9.17) is 15.0 Å². The summed E-state index contributed by atoms with van der Waals surface area (Å²) in [6, 6.07) is 169. The smallest absolute Gasteiger partial charge is 0.160 e. The van der Waals surface area contributed by atoms with Crippen molar-refractivity contribution in [2.75, 3.05) is 9.80 Å². The van der Waals surface area contributed by atoms with E-state index < -0.39 is 0 Å². The minimum Gasteiger partial charge on any atom is -0.311 e. The van der Waals surface area contributed by atoms with E-state index in [0.29, 0.717) is 0 Å². The Morgan fingerprint density at radius 3 is 0.664 bits per heavy atom. The fourth-order valence-corrected chi connectivity index (χ4v) is 13.5. The van der Waals surface area contributed by atoms with Gasteiger partial charge in [0, 0.05) is 103 Å². The first-order valence-electron chi connectivity index (χ1n) is 40.4. The number of para-hydroxylation sites is 6. The molecule has 10 nitrogen and oxygen atoms in total. The molecule has 0 atom stereocenters. The van der Waals surface area contributed by atoms with Gasteiger partial charge in [-0.15, -0.1) is 0 Å². The molecule has 5 heterocycles. The molecule has 15 aromatic carbocycles. The standard InChI is InChI=1S/C23H17N.C22H16N2.2C18H15N.C16H12N2.C15H11N3/c1-4-10-18(11-5-1)21-16-22(19-12-6-2-7-13-19)24-23(17-21)20-14-8-3-9-15-20;1-4-10-17(11-5-1)20-16-21(18-12-6-2-7-13-18)24-22(23-20)19-14-8-3-9-15-19;2*1-4-10-16(11-5-1)19(17-12-6-2-7-13-17)18-14-8-3-9-15-18;1-3-7-13(8-4-1)15-11-12-17-16(18-15)14-9-5-2-6-10-14;1-2-4-12(5-3-1)14-10-15(18-11-17-14)13-6-8-16-9-7-13/h1-17H;1-16H;2*1-15H;1-12H;1-11H. The van der Waals surface area contributed by atoms with Crippen LogP contribution in [0, 0.1) is 0 Å². The summed E-state index contributed by atoms with van der Waals surface area (Å²) in [5, 5.41) is 0. The van der Waals surface area contributed by atoms with Crippen LogP contribution in [-0.4, -0.2) is 39.9 Å². The first-order chi connectivity index (χ1) is 60.6. The molecule has 20 aromatic rings. The number of hydrogen-bond donors (Lipinski definition) is 0. The number of pyridine rings is 2. The molecule has 0 aliphatic rings. The topological polar surface area (TPSA) is 110 Å². The van der Waals surface area contributed by atoms with Gasteiger partial charge in [0.2, 0.25) is 0 Å². The Bertz CT molecular complexity index is 5440. The van der Waals surface area contributed by atoms with Crippen LogP contribution in [0.1, 0.15) is 0 Å². The maximum absolute atomic E-state index is 4.90. The van der Waals surface area contributed by atoms with Gasteiger partial charge in [-0.3, -0.25) is 4.98 Å². The van der Waals surface area contributed by atoms with Crippen molar-refractivity contribution >= 4 is 34.1 Å². The van der Waals surface area contributed by atoms with E-state index in [1.54, 1.807) is 24.9 Å². The highest BCUT2D eigenvalue weighted by Crippen LogP contribution is 2.37. The molecule has 0 aliphatic carbocycles. The van der Waals surface area contributed by atoms with Gasteiger partial charge in [-0.25, -0.2) is 34.9 Å². The summed E-state index contributed by atoms with van der Waals surface area (Å²) in [5.41, 5.74) is 25.8. The Hall–Kier alpha value is -16.6. The van der Waals surface area contributed by atoms with Crippen LogP contribution >= 0.6 is 0 Å². The molecule has 0 amide bonds. The SMILES string of the molecule is c1ccc(-c2cc(-c3ccccc3)nc(-c3ccccc3)c2)cc1.c1ccc(-c2cc(-c3ccccc3)nc(-c3ccccc3)n2)cc1.c1ccc(-c2cc(-c3ccncc3)ncn2)cc1.c1ccc(-c2ccnc(-c3ccccc3)n2)cc1.c1ccc(N(c2ccccc2)c2ccccc2)cc1.c1ccc(N(c2ccccc2)c2ccccc2)cc1. The number of aromatic nitrogens is 8. The van der Waals surface area contributed by atoms with E-state index >= 15 is 0 Å². The monoisotopic (exact) mass is 1570 g/mol. The van der Waals surface area contributed by atoms with Gasteiger partial charge in [-0.05, 0) is 126 Å². The summed E-state index contributed by atoms with van der Waals surface area (Å²) < 4.78 is 0. The molecule has 20 rings (SSSR count). The molecule has 0 unspecified atom stereocenters. The molecule has 0 saturated heterocycles. The Kier molecular flexibility index (Phi) is 28.3. The summed E-state index contributed by atoms with van der Waals surface area (Å²) in [4.78, 5) is 40.5. The maximum Gasteiger partial charge on any atom is 0.160 e. The van der Waals surface area contributed by atoms with Crippen LogP contribution in [-0.2, 0) is 0 Å². The van der Waals surface area contributed by atoms with Gasteiger partial charge in [0.25, 0.3) is 0 Å². The lowest BCUT2D eigenvalue weighted by Crippen LogP contribution is -2.09. The van der Waals surface area contributed by atoms with Gasteiger partial charge < -0.3 is 9.80 Å². The van der Waals surface area contributed by atoms with Crippen LogP contribution in [0.3, 0.4) is 0 Å². The summed E-state index contributed by atoms with van der Waals surface area (Å²) >= 11 is 0. The number of nitrogens with zero attached hydrogens (tertiary/aromatic N) is 10. The molecule has 0 N–H and O–H groups in total. The maximum atomic E-state index is 4.90. The average Bonchev–Trinajstić information content (AvgIpc) is 0.806. The van der Waals surface area contributed by atoms with Crippen molar-refractivity contribution in [2.45, 2.75) is 0 Å². The number of benzene rings is 15. The molecular weight excluding hydrogens is 1490 g/mol. The van der Waals surface area contributed by atoms with E-state index in [2.05, 4.69) is 283 Å². The first-order valence-corrected chi connectivity index (χ1v) is 40.4. The fraction of sp³-hybridized carbons (Fsp3) is 0. The first kappa shape index (κ1) is 80.6. The molecule has 5 aromatic heterocycles. The Morgan fingerprint density at radius 2 is 0.361 bits per heavy atom. The summed E-state index contributed by atoms with van der Waals surface area (Å²) in [6.45, 7) is 0. The van der Waals surface area contributed by atoms with Crippen LogP contribution < -0.4 is 9.80 Å². The van der Waals surface area contributed by atoms with Crippen LogP contribution in [0.5, 0.6) is 0 Å². The molecular formula is C112H86N10. The van der Waals surface area contributed by atoms with E-state index in [0.717, 1.165) is 102 Å². The summed E-state index contributed by atoms with van der Waals surface area (Å²) in [5.74, 6) is 1.51. The number of rotatable bonds is 16. The summed E-state index contributed by atoms with van der Waals surface area (Å²) in [7, 11) is 0. The van der Waals surface area contributed by atoms with Crippen LogP contribution in [0.2, 0.25) is 0 Å². The van der Waals surface area contributed by atoms with Crippen molar-refractivity contribution in [1.82, 2.24) is 39.9 Å². The predicted octanol–water partition coefficient (Wildman–Crippen LogP) is 28.9. The third kappa shape index (κ3) is 22.5. The zero-order chi connectivity index (χ0) is 82.6. The molecule has 0 saturated carbocycles. The Labute approximate surface area is 714 Å². The van der Waals surface area contributed by atoms with Crippen molar-refractivity contribution in [3.63, 3.8) is 0 Å². The second kappa shape index (κ2) is 42.9. The molecule has 0 fully saturated rings. The van der Waals surface area contributed by atoms with Gasteiger partial charge in [0.15, 0.2) is 11.6 Å². The Balaban J connectivity index is 0.000000114. The van der Waals surface area contributed by atoms with Gasteiger partial charge in [-0.2, -0.15) is 0 Å². The van der Waals surface area contributed by atoms with Crippen molar-refractivity contribution in [3.05, 3.63) is 522 Å². The lowest BCUT2D eigenvalue weighted by molar-refractivity contribution is 1.17. The fourth-order valence-electron chi connectivity index (χ4n) is 13.5. The predicted molar refractivity (Wildman–Crippen MR) is 505 cm³/mol. The van der Waals surface area contributed by atoms with Gasteiger partial charge in [-0.1, -0.05) is 382 Å². The van der Waals surface area contributed by atoms with Crippen molar-refractivity contribution in [3.8, 4) is 113 Å². The van der Waals surface area contributed by atoms with Crippen molar-refractivity contribution in [2.24, 2.45) is 0 Å². The van der Waals surface area contributed by atoms with Crippen LogP contribution in [0.4, 0.5) is 34.1 Å². The van der Waals surface area contributed by atoms with E-state index in [-0.39, 0.29) is 0 Å². The Morgan fingerprint density at radius 1 is 0.139 bits per heavy atom. The highest BCUT2D eigenvalue weighted by Gasteiger charge is 2.16. The highest BCUT2D eigenvalue weighted by molar-refractivity contribution is 5.80. The van der Waals surface area contributed by atoms with Gasteiger partial charge >= 0.3 is 0 Å². The normalized spacial score (nSPS) is 10.3. The number of anilines is 6. The third-order valence-corrected chi connectivity index (χ3v) is 19.5. The molecule has 0 spiro atoms. The van der Waals surface area contributed by atoms with Crippen LogP contribution in [0.15, 0.2) is 522 Å². The van der Waals surface area contributed by atoms with E-state index in [9.17, 15) is 0 Å². The lowest BCUT2D eigenvalue weighted by atomic mass is 10.00. The molecule has 584 valence electrons. The second-order valence-corrected chi connectivity index (χ2v) is 27.9. The molecule has 0 radical (unpaired) electrons. The second-order valence-electron chi connectivity index (χ2n) is 27.9.